The molecule has 1 fully saturated rings. The Morgan fingerprint density at radius 2 is 2.05 bits per heavy atom. The molecule has 1 aliphatic rings. The molecule has 0 aliphatic carbocycles. The number of rotatable bonds is 7. The summed E-state index contributed by atoms with van der Waals surface area (Å²) < 4.78 is 0. The van der Waals surface area contributed by atoms with Gasteiger partial charge in [0.05, 0.1) is 0 Å². The van der Waals surface area contributed by atoms with Gasteiger partial charge in [-0.25, -0.2) is 0 Å². The van der Waals surface area contributed by atoms with Crippen LogP contribution >= 0.6 is 24.0 Å². The average molecular weight is 424 g/mol. The van der Waals surface area contributed by atoms with Gasteiger partial charge in [0.15, 0.2) is 5.96 Å². The molecule has 6 heteroatoms. The molecule has 0 radical (unpaired) electrons. The number of amides is 1. The molecule has 0 bridgehead atoms. The van der Waals surface area contributed by atoms with Gasteiger partial charge in [0.25, 0.3) is 0 Å². The number of hydrogen-bond donors (Lipinski definition) is 2. The largest absolute Gasteiger partial charge is 0.370 e. The van der Waals surface area contributed by atoms with Crippen molar-refractivity contribution in [3.63, 3.8) is 0 Å². The van der Waals surface area contributed by atoms with Crippen LogP contribution in [-0.2, 0) is 4.79 Å². The Bertz CT molecular complexity index is 345. The molecule has 130 valence electrons. The Balaban J connectivity index is 0.00000441. The maximum atomic E-state index is 11.1. The van der Waals surface area contributed by atoms with Crippen LogP contribution in [0.4, 0.5) is 0 Å². The number of carbonyl (C=O) groups is 1. The zero-order chi connectivity index (χ0) is 15.7. The van der Waals surface area contributed by atoms with Crippen LogP contribution in [0.2, 0.25) is 0 Å². The molecule has 0 aromatic rings. The fourth-order valence-corrected chi connectivity index (χ4v) is 2.90. The molecule has 1 unspecified atom stereocenters. The van der Waals surface area contributed by atoms with Gasteiger partial charge in [-0.2, -0.15) is 0 Å². The van der Waals surface area contributed by atoms with Crippen LogP contribution in [0.5, 0.6) is 0 Å². The van der Waals surface area contributed by atoms with Crippen molar-refractivity contribution in [1.82, 2.24) is 10.2 Å². The molecule has 3 N–H and O–H groups in total. The number of halogens is 1. The summed E-state index contributed by atoms with van der Waals surface area (Å²) in [5.41, 5.74) is 5.33. The number of likely N-dealkylation sites (tertiary alicyclic amines) is 1. The summed E-state index contributed by atoms with van der Waals surface area (Å²) in [7, 11) is 0. The predicted molar refractivity (Wildman–Crippen MR) is 104 cm³/mol. The van der Waals surface area contributed by atoms with Crippen molar-refractivity contribution in [2.75, 3.05) is 26.2 Å². The summed E-state index contributed by atoms with van der Waals surface area (Å²) in [6.07, 6.45) is 5.02. The Morgan fingerprint density at radius 1 is 1.36 bits per heavy atom. The molecule has 0 aromatic carbocycles. The highest BCUT2D eigenvalue weighted by atomic mass is 127. The molecule has 5 nitrogen and oxygen atoms in total. The summed E-state index contributed by atoms with van der Waals surface area (Å²) >= 11 is 0. The third-order valence-electron chi connectivity index (χ3n) is 4.30. The van der Waals surface area contributed by atoms with E-state index in [0.717, 1.165) is 45.0 Å². The minimum atomic E-state index is -0.194. The van der Waals surface area contributed by atoms with Gasteiger partial charge in [0.1, 0.15) is 0 Å². The Labute approximate surface area is 152 Å². The normalized spacial score (nSPS) is 19.0. The van der Waals surface area contributed by atoms with E-state index in [1.165, 1.54) is 12.8 Å². The van der Waals surface area contributed by atoms with Crippen molar-refractivity contribution < 1.29 is 4.79 Å². The van der Waals surface area contributed by atoms with Crippen molar-refractivity contribution in [2.24, 2.45) is 22.6 Å². The topological polar surface area (TPSA) is 70.7 Å². The molecule has 1 heterocycles. The Hall–Kier alpha value is -0.530. The lowest BCUT2D eigenvalue weighted by atomic mass is 9.95. The van der Waals surface area contributed by atoms with E-state index in [1.807, 2.05) is 0 Å². The lowest BCUT2D eigenvalue weighted by molar-refractivity contribution is -0.119. The number of carbonyl (C=O) groups excluding carboxylic acids is 1. The van der Waals surface area contributed by atoms with Gasteiger partial charge in [-0.15, -0.1) is 24.0 Å². The van der Waals surface area contributed by atoms with Crippen LogP contribution < -0.4 is 11.1 Å². The number of nitrogens with two attached hydrogens (primary N) is 1. The number of piperidine rings is 1. The van der Waals surface area contributed by atoms with Crippen LogP contribution in [0.25, 0.3) is 0 Å². The summed E-state index contributed by atoms with van der Waals surface area (Å²) in [5.74, 6) is 1.83. The highest BCUT2D eigenvalue weighted by Crippen LogP contribution is 2.19. The molecule has 1 rings (SSSR count). The molecule has 0 aromatic heterocycles. The fourth-order valence-electron chi connectivity index (χ4n) is 2.90. The third kappa shape index (κ3) is 7.65. The minimum Gasteiger partial charge on any atom is -0.370 e. The van der Waals surface area contributed by atoms with Gasteiger partial charge in [0, 0.05) is 32.6 Å². The number of nitrogens with one attached hydrogen (secondary N) is 1. The molecule has 1 saturated heterocycles. The number of nitrogens with zero attached hydrogens (tertiary/aromatic N) is 2. The van der Waals surface area contributed by atoms with Crippen LogP contribution in [0.1, 0.15) is 52.9 Å². The van der Waals surface area contributed by atoms with Crippen LogP contribution in [0.15, 0.2) is 4.99 Å². The maximum absolute atomic E-state index is 11.1. The van der Waals surface area contributed by atoms with E-state index in [4.69, 9.17) is 10.7 Å². The number of primary amides is 1. The Kier molecular flexibility index (Phi) is 11.7. The zero-order valence-electron chi connectivity index (χ0n) is 14.3. The highest BCUT2D eigenvalue weighted by Gasteiger charge is 2.23. The van der Waals surface area contributed by atoms with E-state index in [9.17, 15) is 4.79 Å². The maximum Gasteiger partial charge on any atom is 0.217 e. The second kappa shape index (κ2) is 12.0. The molecular formula is C16H33IN4O. The first-order valence-corrected chi connectivity index (χ1v) is 8.42. The van der Waals surface area contributed by atoms with Gasteiger partial charge in [-0.1, -0.05) is 26.7 Å². The van der Waals surface area contributed by atoms with E-state index in [0.29, 0.717) is 18.3 Å². The van der Waals surface area contributed by atoms with Crippen molar-refractivity contribution in [3.8, 4) is 0 Å². The molecular weight excluding hydrogens is 391 g/mol. The quantitative estimate of drug-likeness (QED) is 0.375. The van der Waals surface area contributed by atoms with Crippen molar-refractivity contribution in [3.05, 3.63) is 0 Å². The summed E-state index contributed by atoms with van der Waals surface area (Å²) in [4.78, 5) is 18.2. The second-order valence-electron chi connectivity index (χ2n) is 6.00. The fraction of sp³-hybridized carbons (Fsp3) is 0.875. The van der Waals surface area contributed by atoms with Crippen molar-refractivity contribution in [2.45, 2.75) is 52.9 Å². The number of aliphatic imine (C=N–C) groups is 1. The van der Waals surface area contributed by atoms with E-state index >= 15 is 0 Å². The van der Waals surface area contributed by atoms with Crippen molar-refractivity contribution >= 4 is 35.8 Å². The molecule has 1 amide bonds. The predicted octanol–water partition coefficient (Wildman–Crippen LogP) is 2.59. The molecule has 0 spiro atoms. The lowest BCUT2D eigenvalue weighted by Crippen LogP contribution is -2.47. The standard InChI is InChI=1S/C16H32N4O.HI/c1-4-13(5-2)11-19-16(18-6-3)20-9-7-8-14(12-20)10-15(17)21;/h13-14H,4-12H2,1-3H3,(H2,17,21)(H,18,19);1H. The molecule has 0 saturated carbocycles. The number of hydrogen-bond acceptors (Lipinski definition) is 2. The van der Waals surface area contributed by atoms with E-state index in [-0.39, 0.29) is 29.9 Å². The van der Waals surface area contributed by atoms with Gasteiger partial charge >= 0.3 is 0 Å². The highest BCUT2D eigenvalue weighted by molar-refractivity contribution is 14.0. The van der Waals surface area contributed by atoms with Gasteiger partial charge < -0.3 is 16.0 Å². The van der Waals surface area contributed by atoms with E-state index in [1.54, 1.807) is 0 Å². The van der Waals surface area contributed by atoms with Crippen LogP contribution in [-0.4, -0.2) is 42.9 Å². The molecule has 1 atom stereocenters. The van der Waals surface area contributed by atoms with Crippen LogP contribution in [0.3, 0.4) is 0 Å². The van der Waals surface area contributed by atoms with E-state index in [2.05, 4.69) is 31.0 Å². The monoisotopic (exact) mass is 424 g/mol. The van der Waals surface area contributed by atoms with Crippen LogP contribution in [0, 0.1) is 11.8 Å². The SMILES string of the molecule is CCNC(=NCC(CC)CC)N1CCCC(CC(N)=O)C1.I. The Morgan fingerprint density at radius 3 is 2.59 bits per heavy atom. The number of guanidine groups is 1. The van der Waals surface area contributed by atoms with Gasteiger partial charge in [-0.3, -0.25) is 9.79 Å². The first-order valence-electron chi connectivity index (χ1n) is 8.42. The van der Waals surface area contributed by atoms with E-state index < -0.39 is 0 Å². The minimum absolute atomic E-state index is 0. The zero-order valence-corrected chi connectivity index (χ0v) is 16.6. The molecule has 22 heavy (non-hydrogen) atoms. The second-order valence-corrected chi connectivity index (χ2v) is 6.00. The third-order valence-corrected chi connectivity index (χ3v) is 4.30. The summed E-state index contributed by atoms with van der Waals surface area (Å²) in [6, 6.07) is 0. The summed E-state index contributed by atoms with van der Waals surface area (Å²) in [5, 5.41) is 3.39. The summed E-state index contributed by atoms with van der Waals surface area (Å²) in [6.45, 7) is 10.2. The van der Waals surface area contributed by atoms with Crippen molar-refractivity contribution in [1.29, 1.82) is 0 Å². The molecule has 1 aliphatic heterocycles. The smallest absolute Gasteiger partial charge is 0.217 e. The first kappa shape index (κ1) is 21.5. The first-order chi connectivity index (χ1) is 10.1. The van der Waals surface area contributed by atoms with Gasteiger partial charge in [-0.05, 0) is 31.6 Å². The average Bonchev–Trinajstić information content (AvgIpc) is 2.46. The van der Waals surface area contributed by atoms with Gasteiger partial charge in [0.2, 0.25) is 5.91 Å². The lowest BCUT2D eigenvalue weighted by Gasteiger charge is -2.34.